The molecule has 0 aliphatic heterocycles. The van der Waals surface area contributed by atoms with Crippen LogP contribution in [0.2, 0.25) is 0 Å². The summed E-state index contributed by atoms with van der Waals surface area (Å²) in [5, 5.41) is 9.92. The maximum absolute atomic E-state index is 12.1. The summed E-state index contributed by atoms with van der Waals surface area (Å²) in [6.07, 6.45) is 8.63. The fourth-order valence-corrected chi connectivity index (χ4v) is 2.51. The molecule has 0 spiro atoms. The number of anilines is 1. The van der Waals surface area contributed by atoms with E-state index in [4.69, 9.17) is 0 Å². The highest BCUT2D eigenvalue weighted by molar-refractivity contribution is 5.94. The van der Waals surface area contributed by atoms with Crippen molar-refractivity contribution in [2.75, 3.05) is 5.32 Å². The second kappa shape index (κ2) is 5.74. The normalized spacial score (nSPS) is 17.3. The molecule has 4 heteroatoms. The molecule has 20 heavy (non-hydrogen) atoms. The van der Waals surface area contributed by atoms with Crippen molar-refractivity contribution in [1.29, 1.82) is 0 Å². The molecule has 102 valence electrons. The molecule has 1 heterocycles. The number of H-pyrrole nitrogens is 1. The van der Waals surface area contributed by atoms with E-state index in [0.29, 0.717) is 12.3 Å². The van der Waals surface area contributed by atoms with Crippen LogP contribution in [0.5, 0.6) is 0 Å². The van der Waals surface area contributed by atoms with Gasteiger partial charge in [-0.1, -0.05) is 42.5 Å². The minimum absolute atomic E-state index is 0.0418. The van der Waals surface area contributed by atoms with Crippen molar-refractivity contribution < 1.29 is 4.79 Å². The first-order valence-electron chi connectivity index (χ1n) is 6.88. The van der Waals surface area contributed by atoms with E-state index in [1.54, 1.807) is 6.20 Å². The average molecular weight is 267 g/mol. The predicted molar refractivity (Wildman–Crippen MR) is 79.1 cm³/mol. The van der Waals surface area contributed by atoms with E-state index >= 15 is 0 Å². The Morgan fingerprint density at radius 2 is 2.20 bits per heavy atom. The number of rotatable bonds is 4. The summed E-state index contributed by atoms with van der Waals surface area (Å²) < 4.78 is 0. The van der Waals surface area contributed by atoms with Crippen LogP contribution in [-0.4, -0.2) is 16.1 Å². The molecule has 0 saturated heterocycles. The molecule has 1 atom stereocenters. The van der Waals surface area contributed by atoms with Gasteiger partial charge in [-0.25, -0.2) is 0 Å². The number of aromatic amines is 1. The number of benzene rings is 1. The molecule has 2 aromatic rings. The van der Waals surface area contributed by atoms with Crippen LogP contribution >= 0.6 is 0 Å². The summed E-state index contributed by atoms with van der Waals surface area (Å²) in [4.78, 5) is 12.1. The molecule has 2 N–H and O–H groups in total. The molecule has 1 aromatic heterocycles. The Labute approximate surface area is 117 Å². The van der Waals surface area contributed by atoms with Gasteiger partial charge in [0.1, 0.15) is 0 Å². The van der Waals surface area contributed by atoms with E-state index in [0.717, 1.165) is 29.8 Å². The van der Waals surface area contributed by atoms with Crippen LogP contribution in [0, 0.1) is 5.92 Å². The van der Waals surface area contributed by atoms with Gasteiger partial charge >= 0.3 is 0 Å². The summed E-state index contributed by atoms with van der Waals surface area (Å²) in [7, 11) is 0. The van der Waals surface area contributed by atoms with Gasteiger partial charge in [0.2, 0.25) is 5.91 Å². The van der Waals surface area contributed by atoms with Crippen LogP contribution in [-0.2, 0) is 4.79 Å². The Bertz CT molecular complexity index is 616. The van der Waals surface area contributed by atoms with E-state index in [9.17, 15) is 4.79 Å². The molecule has 0 saturated carbocycles. The van der Waals surface area contributed by atoms with Crippen molar-refractivity contribution in [3.63, 3.8) is 0 Å². The van der Waals surface area contributed by atoms with E-state index < -0.39 is 0 Å². The summed E-state index contributed by atoms with van der Waals surface area (Å²) in [6.45, 7) is 0. The first-order valence-corrected chi connectivity index (χ1v) is 6.88. The minimum Gasteiger partial charge on any atom is -0.323 e. The smallest absolute Gasteiger partial charge is 0.225 e. The number of aromatic nitrogens is 2. The number of nitrogens with one attached hydrogen (secondary N) is 2. The van der Waals surface area contributed by atoms with Crippen LogP contribution in [0.15, 0.2) is 48.7 Å². The van der Waals surface area contributed by atoms with Gasteiger partial charge in [0.05, 0.1) is 17.6 Å². The largest absolute Gasteiger partial charge is 0.323 e. The third kappa shape index (κ3) is 2.79. The lowest BCUT2D eigenvalue weighted by Crippen LogP contribution is -2.14. The lowest BCUT2D eigenvalue weighted by molar-refractivity contribution is -0.116. The molecule has 1 aromatic carbocycles. The van der Waals surface area contributed by atoms with E-state index in [1.807, 2.05) is 30.3 Å². The van der Waals surface area contributed by atoms with Crippen molar-refractivity contribution in [3.05, 3.63) is 48.7 Å². The topological polar surface area (TPSA) is 57.8 Å². The van der Waals surface area contributed by atoms with Gasteiger partial charge in [-0.3, -0.25) is 9.89 Å². The molecular formula is C16H17N3O. The molecule has 1 unspecified atom stereocenters. The monoisotopic (exact) mass is 267 g/mol. The fourth-order valence-electron chi connectivity index (χ4n) is 2.51. The molecule has 1 aliphatic rings. The van der Waals surface area contributed by atoms with Gasteiger partial charge in [-0.2, -0.15) is 5.10 Å². The molecule has 1 aliphatic carbocycles. The first-order chi connectivity index (χ1) is 9.83. The Kier molecular flexibility index (Phi) is 3.63. The summed E-state index contributed by atoms with van der Waals surface area (Å²) in [5.74, 6) is 0.419. The lowest BCUT2D eigenvalue weighted by atomic mass is 10.0. The summed E-state index contributed by atoms with van der Waals surface area (Å²) in [5.41, 5.74) is 2.60. The summed E-state index contributed by atoms with van der Waals surface area (Å²) >= 11 is 0. The molecule has 3 rings (SSSR count). The van der Waals surface area contributed by atoms with Crippen LogP contribution in [0.25, 0.3) is 11.3 Å². The Morgan fingerprint density at radius 3 is 2.95 bits per heavy atom. The third-order valence-corrected chi connectivity index (χ3v) is 3.54. The zero-order valence-corrected chi connectivity index (χ0v) is 11.2. The Morgan fingerprint density at radius 1 is 1.35 bits per heavy atom. The van der Waals surface area contributed by atoms with Crippen molar-refractivity contribution in [3.8, 4) is 11.3 Å². The molecular weight excluding hydrogens is 250 g/mol. The maximum atomic E-state index is 12.1. The van der Waals surface area contributed by atoms with Crippen LogP contribution in [0.3, 0.4) is 0 Å². The maximum Gasteiger partial charge on any atom is 0.225 e. The molecule has 1 amide bonds. The van der Waals surface area contributed by atoms with E-state index in [1.165, 1.54) is 0 Å². The number of nitrogens with zero attached hydrogens (tertiary/aromatic N) is 1. The van der Waals surface area contributed by atoms with Gasteiger partial charge in [0, 0.05) is 12.0 Å². The number of allylic oxidation sites excluding steroid dienone is 2. The van der Waals surface area contributed by atoms with Gasteiger partial charge in [-0.05, 0) is 18.8 Å². The molecule has 0 bridgehead atoms. The summed E-state index contributed by atoms with van der Waals surface area (Å²) in [6, 6.07) is 9.87. The molecule has 4 nitrogen and oxygen atoms in total. The third-order valence-electron chi connectivity index (χ3n) is 3.54. The van der Waals surface area contributed by atoms with E-state index in [2.05, 4.69) is 27.7 Å². The first kappa shape index (κ1) is 12.7. The van der Waals surface area contributed by atoms with E-state index in [-0.39, 0.29) is 5.91 Å². The highest BCUT2D eigenvalue weighted by Gasteiger charge is 2.16. The number of hydrogen-bond donors (Lipinski definition) is 2. The zero-order chi connectivity index (χ0) is 13.8. The second-order valence-electron chi connectivity index (χ2n) is 5.04. The molecule has 0 radical (unpaired) electrons. The van der Waals surface area contributed by atoms with Gasteiger partial charge in [0.15, 0.2) is 0 Å². The van der Waals surface area contributed by atoms with Crippen LogP contribution in [0.4, 0.5) is 5.69 Å². The van der Waals surface area contributed by atoms with Crippen molar-refractivity contribution in [1.82, 2.24) is 10.2 Å². The molecule has 0 fully saturated rings. The van der Waals surface area contributed by atoms with Crippen LogP contribution in [0.1, 0.15) is 19.3 Å². The standard InChI is InChI=1S/C16H17N3O/c20-15(10-12-6-4-5-7-12)18-14-11-17-19-16(14)13-8-2-1-3-9-13/h1-4,6,8-9,11-12H,5,7,10H2,(H,17,19)(H,18,20). The number of carbonyl (C=O) groups is 1. The van der Waals surface area contributed by atoms with Gasteiger partial charge in [-0.15, -0.1) is 0 Å². The van der Waals surface area contributed by atoms with Crippen molar-refractivity contribution in [2.45, 2.75) is 19.3 Å². The van der Waals surface area contributed by atoms with Gasteiger partial charge in [0.25, 0.3) is 0 Å². The Balaban J connectivity index is 1.70. The lowest BCUT2D eigenvalue weighted by Gasteiger charge is -2.09. The number of amides is 1. The van der Waals surface area contributed by atoms with Crippen molar-refractivity contribution >= 4 is 11.6 Å². The van der Waals surface area contributed by atoms with Crippen LogP contribution < -0.4 is 5.32 Å². The van der Waals surface area contributed by atoms with Gasteiger partial charge < -0.3 is 5.32 Å². The fraction of sp³-hybridized carbons (Fsp3) is 0.250. The highest BCUT2D eigenvalue weighted by Crippen LogP contribution is 2.26. The number of hydrogen-bond acceptors (Lipinski definition) is 2. The second-order valence-corrected chi connectivity index (χ2v) is 5.04. The zero-order valence-electron chi connectivity index (χ0n) is 11.2. The SMILES string of the molecule is O=C(CC1C=CCC1)Nc1cn[nH]c1-c1ccccc1. The minimum atomic E-state index is 0.0418. The average Bonchev–Trinajstić information content (AvgIpc) is 3.11. The predicted octanol–water partition coefficient (Wildman–Crippen LogP) is 3.37. The quantitative estimate of drug-likeness (QED) is 0.834. The number of carbonyl (C=O) groups excluding carboxylic acids is 1. The Hall–Kier alpha value is -2.36. The van der Waals surface area contributed by atoms with Crippen molar-refractivity contribution in [2.24, 2.45) is 5.92 Å². The highest BCUT2D eigenvalue weighted by atomic mass is 16.1.